The van der Waals surface area contributed by atoms with Crippen LogP contribution in [0.2, 0.25) is 0 Å². The van der Waals surface area contributed by atoms with Gasteiger partial charge in [0.1, 0.15) is 5.82 Å². The molecular weight excluding hydrogens is 214 g/mol. The van der Waals surface area contributed by atoms with Crippen molar-refractivity contribution in [3.8, 4) is 0 Å². The number of nitrogens with one attached hydrogen (secondary N) is 1. The molecule has 0 aromatic carbocycles. The summed E-state index contributed by atoms with van der Waals surface area (Å²) < 4.78 is 2.02. The van der Waals surface area contributed by atoms with Crippen LogP contribution in [0.3, 0.4) is 0 Å². The number of carbonyl (C=O) groups is 1. The van der Waals surface area contributed by atoms with E-state index in [1.54, 1.807) is 6.20 Å². The van der Waals surface area contributed by atoms with E-state index in [1.165, 1.54) is 12.8 Å². The maximum absolute atomic E-state index is 10.9. The predicted molar refractivity (Wildman–Crippen MR) is 65.3 cm³/mol. The van der Waals surface area contributed by atoms with E-state index in [4.69, 9.17) is 0 Å². The summed E-state index contributed by atoms with van der Waals surface area (Å²) in [7, 11) is 0. The minimum Gasteiger partial charge on any atom is -0.314 e. The molecule has 1 N–H and O–H groups in total. The zero-order chi connectivity index (χ0) is 11.7. The number of fused-ring (bicyclic) bond motifs is 1. The van der Waals surface area contributed by atoms with Crippen molar-refractivity contribution in [1.29, 1.82) is 0 Å². The van der Waals surface area contributed by atoms with E-state index in [-0.39, 0.29) is 0 Å². The van der Waals surface area contributed by atoms with Gasteiger partial charge in [0.25, 0.3) is 0 Å². The smallest absolute Gasteiger partial charge is 0.152 e. The third-order valence-corrected chi connectivity index (χ3v) is 3.40. The standard InChI is InChI=1S/C13H15N3O/c17-9-10-3-2-6-16-12(10)8-15-13(16)7-11-4-1-5-14-11/h2-3,6,8-9,11,14H,1,4-5,7H2. The van der Waals surface area contributed by atoms with Gasteiger partial charge in [0.05, 0.1) is 11.7 Å². The molecule has 3 heterocycles. The first-order valence-electron chi connectivity index (χ1n) is 6.02. The number of carbonyl (C=O) groups excluding carboxylic acids is 1. The van der Waals surface area contributed by atoms with E-state index in [0.717, 1.165) is 30.6 Å². The number of pyridine rings is 1. The van der Waals surface area contributed by atoms with Crippen molar-refractivity contribution in [3.05, 3.63) is 35.9 Å². The van der Waals surface area contributed by atoms with E-state index in [2.05, 4.69) is 10.3 Å². The number of nitrogens with zero attached hydrogens (tertiary/aromatic N) is 2. The summed E-state index contributed by atoms with van der Waals surface area (Å²) in [6, 6.07) is 4.24. The topological polar surface area (TPSA) is 46.4 Å². The van der Waals surface area contributed by atoms with Crippen LogP contribution < -0.4 is 5.32 Å². The Balaban J connectivity index is 1.97. The van der Waals surface area contributed by atoms with Crippen molar-refractivity contribution in [3.63, 3.8) is 0 Å². The fourth-order valence-corrected chi connectivity index (χ4v) is 2.50. The van der Waals surface area contributed by atoms with Gasteiger partial charge in [-0.25, -0.2) is 4.98 Å². The average molecular weight is 229 g/mol. The molecule has 1 saturated heterocycles. The number of rotatable bonds is 3. The predicted octanol–water partition coefficient (Wildman–Crippen LogP) is 1.44. The average Bonchev–Trinajstić information content (AvgIpc) is 2.99. The molecule has 1 aliphatic rings. The van der Waals surface area contributed by atoms with Crippen LogP contribution in [0.1, 0.15) is 29.0 Å². The molecule has 1 fully saturated rings. The fraction of sp³-hybridized carbons (Fsp3) is 0.385. The molecule has 3 rings (SSSR count). The van der Waals surface area contributed by atoms with Crippen LogP contribution in [-0.2, 0) is 6.42 Å². The lowest BCUT2D eigenvalue weighted by Crippen LogP contribution is -2.24. The molecule has 88 valence electrons. The second-order valence-corrected chi connectivity index (χ2v) is 4.51. The third kappa shape index (κ3) is 1.85. The van der Waals surface area contributed by atoms with E-state index in [0.29, 0.717) is 11.6 Å². The highest BCUT2D eigenvalue weighted by molar-refractivity contribution is 5.85. The molecule has 2 aromatic rings. The summed E-state index contributed by atoms with van der Waals surface area (Å²) in [6.45, 7) is 1.10. The SMILES string of the molecule is O=Cc1cccn2c(CC3CCCN3)ncc12. The lowest BCUT2D eigenvalue weighted by atomic mass is 10.1. The van der Waals surface area contributed by atoms with E-state index in [9.17, 15) is 4.79 Å². The Hall–Kier alpha value is -1.68. The second kappa shape index (κ2) is 4.30. The highest BCUT2D eigenvalue weighted by Crippen LogP contribution is 2.15. The van der Waals surface area contributed by atoms with E-state index in [1.807, 2.05) is 22.7 Å². The van der Waals surface area contributed by atoms with Gasteiger partial charge in [-0.1, -0.05) is 0 Å². The molecule has 0 spiro atoms. The summed E-state index contributed by atoms with van der Waals surface area (Å²) in [6.07, 6.45) is 8.02. The molecule has 4 heteroatoms. The minimum atomic E-state index is 0.528. The van der Waals surface area contributed by atoms with Crippen molar-refractivity contribution in [2.75, 3.05) is 6.54 Å². The molecule has 0 saturated carbocycles. The summed E-state index contributed by atoms with van der Waals surface area (Å²) in [5.41, 5.74) is 1.60. The van der Waals surface area contributed by atoms with Gasteiger partial charge < -0.3 is 9.72 Å². The van der Waals surface area contributed by atoms with Crippen LogP contribution in [0.4, 0.5) is 0 Å². The Morgan fingerprint density at radius 3 is 3.29 bits per heavy atom. The maximum Gasteiger partial charge on any atom is 0.152 e. The van der Waals surface area contributed by atoms with Crippen molar-refractivity contribution in [2.24, 2.45) is 0 Å². The van der Waals surface area contributed by atoms with Crippen LogP contribution in [0.5, 0.6) is 0 Å². The quantitative estimate of drug-likeness (QED) is 0.810. The molecular formula is C13H15N3O. The van der Waals surface area contributed by atoms with Gasteiger partial charge >= 0.3 is 0 Å². The Kier molecular flexibility index (Phi) is 2.65. The minimum absolute atomic E-state index is 0.528. The van der Waals surface area contributed by atoms with Gasteiger partial charge in [0.2, 0.25) is 0 Å². The summed E-state index contributed by atoms with van der Waals surface area (Å²) in [5, 5.41) is 3.47. The van der Waals surface area contributed by atoms with Crippen LogP contribution in [-0.4, -0.2) is 28.3 Å². The molecule has 1 unspecified atom stereocenters. The number of imidazole rings is 1. The first-order valence-corrected chi connectivity index (χ1v) is 6.02. The molecule has 1 aliphatic heterocycles. The molecule has 4 nitrogen and oxygen atoms in total. The molecule has 2 aromatic heterocycles. The Morgan fingerprint density at radius 1 is 1.59 bits per heavy atom. The number of hydrogen-bond acceptors (Lipinski definition) is 3. The van der Waals surface area contributed by atoms with Crippen LogP contribution in [0.25, 0.3) is 5.52 Å². The highest BCUT2D eigenvalue weighted by Gasteiger charge is 2.17. The zero-order valence-corrected chi connectivity index (χ0v) is 9.60. The van der Waals surface area contributed by atoms with Crippen molar-refractivity contribution in [1.82, 2.24) is 14.7 Å². The van der Waals surface area contributed by atoms with Crippen molar-refractivity contribution >= 4 is 11.8 Å². The van der Waals surface area contributed by atoms with Crippen LogP contribution >= 0.6 is 0 Å². The molecule has 0 radical (unpaired) electrons. The second-order valence-electron chi connectivity index (χ2n) is 4.51. The van der Waals surface area contributed by atoms with E-state index < -0.39 is 0 Å². The van der Waals surface area contributed by atoms with Gasteiger partial charge in [-0.2, -0.15) is 0 Å². The first-order chi connectivity index (χ1) is 8.38. The third-order valence-electron chi connectivity index (χ3n) is 3.40. The Labute approximate surface area is 99.7 Å². The van der Waals surface area contributed by atoms with Gasteiger partial charge in [-0.05, 0) is 31.5 Å². The van der Waals surface area contributed by atoms with E-state index >= 15 is 0 Å². The Morgan fingerprint density at radius 2 is 2.53 bits per heavy atom. The van der Waals surface area contributed by atoms with Crippen LogP contribution in [0, 0.1) is 0 Å². The normalized spacial score (nSPS) is 19.9. The highest BCUT2D eigenvalue weighted by atomic mass is 16.1. The lowest BCUT2D eigenvalue weighted by Gasteiger charge is -2.09. The summed E-state index contributed by atoms with van der Waals surface area (Å²) >= 11 is 0. The molecule has 0 aliphatic carbocycles. The Bertz CT molecular complexity index is 541. The molecule has 17 heavy (non-hydrogen) atoms. The first kappa shape index (κ1) is 10.5. The molecule has 0 amide bonds. The molecule has 1 atom stereocenters. The van der Waals surface area contributed by atoms with Gasteiger partial charge in [0.15, 0.2) is 6.29 Å². The number of hydrogen-bond donors (Lipinski definition) is 1. The largest absolute Gasteiger partial charge is 0.314 e. The summed E-state index contributed by atoms with van der Waals surface area (Å²) in [5.74, 6) is 1.03. The lowest BCUT2D eigenvalue weighted by molar-refractivity contribution is 0.112. The number of aldehydes is 1. The van der Waals surface area contributed by atoms with Gasteiger partial charge in [0, 0.05) is 24.2 Å². The van der Waals surface area contributed by atoms with Crippen LogP contribution in [0.15, 0.2) is 24.5 Å². The van der Waals surface area contributed by atoms with Gasteiger partial charge in [-0.15, -0.1) is 0 Å². The monoisotopic (exact) mass is 229 g/mol. The fourth-order valence-electron chi connectivity index (χ4n) is 2.50. The maximum atomic E-state index is 10.9. The van der Waals surface area contributed by atoms with Crippen molar-refractivity contribution < 1.29 is 4.79 Å². The number of aromatic nitrogens is 2. The molecule has 0 bridgehead atoms. The van der Waals surface area contributed by atoms with Gasteiger partial charge in [-0.3, -0.25) is 4.79 Å². The zero-order valence-electron chi connectivity index (χ0n) is 9.60. The summed E-state index contributed by atoms with van der Waals surface area (Å²) in [4.78, 5) is 15.4. The van der Waals surface area contributed by atoms with Crippen molar-refractivity contribution in [2.45, 2.75) is 25.3 Å².